The van der Waals surface area contributed by atoms with Crippen molar-refractivity contribution in [2.24, 2.45) is 0 Å². The number of anilines is 2. The van der Waals surface area contributed by atoms with Gasteiger partial charge in [0.2, 0.25) is 0 Å². The lowest BCUT2D eigenvalue weighted by Crippen LogP contribution is -2.50. The van der Waals surface area contributed by atoms with Crippen LogP contribution in [0.2, 0.25) is 0 Å². The third-order valence-corrected chi connectivity index (χ3v) is 4.54. The van der Waals surface area contributed by atoms with E-state index in [2.05, 4.69) is 48.3 Å². The first kappa shape index (κ1) is 16.8. The maximum Gasteiger partial charge on any atom is 0.321 e. The molecule has 1 N–H and O–H groups in total. The quantitative estimate of drug-likeness (QED) is 0.914. The molecule has 1 heterocycles. The van der Waals surface area contributed by atoms with Crippen LogP contribution < -0.4 is 10.2 Å². The highest BCUT2D eigenvalue weighted by Crippen LogP contribution is 2.23. The lowest BCUT2D eigenvalue weighted by atomic mass is 10.1. The molecule has 0 aliphatic carbocycles. The Balaban J connectivity index is 1.59. The zero-order valence-corrected chi connectivity index (χ0v) is 14.6. The van der Waals surface area contributed by atoms with Crippen LogP contribution in [-0.2, 0) is 0 Å². The average Bonchev–Trinajstić information content (AvgIpc) is 2.64. The van der Waals surface area contributed by atoms with Crippen molar-refractivity contribution in [3.05, 3.63) is 59.2 Å². The number of carbonyl (C=O) groups excluding carboxylic acids is 1. The highest BCUT2D eigenvalue weighted by molar-refractivity contribution is 5.89. The Bertz CT molecular complexity index is 799. The number of benzene rings is 2. The minimum absolute atomic E-state index is 0.0923. The molecule has 0 radical (unpaired) electrons. The fourth-order valence-corrected chi connectivity index (χ4v) is 3.04. The van der Waals surface area contributed by atoms with Crippen LogP contribution in [0, 0.1) is 25.2 Å². The van der Waals surface area contributed by atoms with Gasteiger partial charge in [-0.3, -0.25) is 0 Å². The summed E-state index contributed by atoms with van der Waals surface area (Å²) in [5.41, 5.74) is 5.07. The number of carbonyl (C=O) groups is 1. The molecule has 25 heavy (non-hydrogen) atoms. The summed E-state index contributed by atoms with van der Waals surface area (Å²) < 4.78 is 0. The van der Waals surface area contributed by atoms with Crippen molar-refractivity contribution in [1.82, 2.24) is 4.90 Å². The van der Waals surface area contributed by atoms with Crippen LogP contribution in [0.3, 0.4) is 0 Å². The first-order valence-corrected chi connectivity index (χ1v) is 8.45. The average molecular weight is 334 g/mol. The van der Waals surface area contributed by atoms with E-state index in [0.717, 1.165) is 13.1 Å². The number of nitrogens with zero attached hydrogens (tertiary/aromatic N) is 3. The van der Waals surface area contributed by atoms with Crippen molar-refractivity contribution in [3.8, 4) is 6.07 Å². The molecule has 1 aliphatic heterocycles. The zero-order chi connectivity index (χ0) is 17.8. The molecule has 0 spiro atoms. The molecule has 2 aromatic carbocycles. The summed E-state index contributed by atoms with van der Waals surface area (Å²) >= 11 is 0. The summed E-state index contributed by atoms with van der Waals surface area (Å²) in [5.74, 6) is 0. The van der Waals surface area contributed by atoms with Crippen molar-refractivity contribution >= 4 is 17.4 Å². The monoisotopic (exact) mass is 334 g/mol. The second-order valence-electron chi connectivity index (χ2n) is 6.38. The fraction of sp³-hybridized carbons (Fsp3) is 0.300. The molecule has 5 heteroatoms. The molecule has 5 nitrogen and oxygen atoms in total. The molecule has 2 amide bonds. The minimum Gasteiger partial charge on any atom is -0.368 e. The predicted molar refractivity (Wildman–Crippen MR) is 99.9 cm³/mol. The summed E-state index contributed by atoms with van der Waals surface area (Å²) in [6.07, 6.45) is 0. The fourth-order valence-electron chi connectivity index (χ4n) is 3.04. The van der Waals surface area contributed by atoms with E-state index in [0.29, 0.717) is 24.3 Å². The van der Waals surface area contributed by atoms with E-state index in [9.17, 15) is 4.79 Å². The van der Waals surface area contributed by atoms with Crippen LogP contribution in [0.1, 0.15) is 16.7 Å². The van der Waals surface area contributed by atoms with E-state index < -0.39 is 0 Å². The highest BCUT2D eigenvalue weighted by atomic mass is 16.2. The van der Waals surface area contributed by atoms with Crippen LogP contribution in [0.15, 0.2) is 42.5 Å². The third-order valence-electron chi connectivity index (χ3n) is 4.54. The minimum atomic E-state index is -0.0923. The number of nitriles is 1. The number of piperazine rings is 1. The van der Waals surface area contributed by atoms with Crippen LogP contribution >= 0.6 is 0 Å². The van der Waals surface area contributed by atoms with Crippen LogP contribution in [0.4, 0.5) is 16.2 Å². The van der Waals surface area contributed by atoms with Gasteiger partial charge in [-0.15, -0.1) is 0 Å². The first-order valence-electron chi connectivity index (χ1n) is 8.45. The molecule has 128 valence electrons. The standard InChI is InChI=1S/C20H22N4O/c1-15-3-4-16(2)19(13-15)23-9-11-24(12-10-23)20(25)22-18-7-5-17(14-21)6-8-18/h3-8,13H,9-12H2,1-2H3,(H,22,25). The molecular formula is C20H22N4O. The molecule has 0 unspecified atom stereocenters. The van der Waals surface area contributed by atoms with Gasteiger partial charge in [-0.25, -0.2) is 4.79 Å². The molecule has 1 saturated heterocycles. The zero-order valence-electron chi connectivity index (χ0n) is 14.6. The Hall–Kier alpha value is -3.00. The molecule has 0 bridgehead atoms. The first-order chi connectivity index (χ1) is 12.1. The second-order valence-corrected chi connectivity index (χ2v) is 6.38. The molecule has 2 aromatic rings. The van der Waals surface area contributed by atoms with E-state index in [1.54, 1.807) is 24.3 Å². The van der Waals surface area contributed by atoms with Gasteiger partial charge in [-0.1, -0.05) is 12.1 Å². The van der Waals surface area contributed by atoms with E-state index in [4.69, 9.17) is 5.26 Å². The van der Waals surface area contributed by atoms with Crippen LogP contribution in [0.25, 0.3) is 0 Å². The SMILES string of the molecule is Cc1ccc(C)c(N2CCN(C(=O)Nc3ccc(C#N)cc3)CC2)c1. The smallest absolute Gasteiger partial charge is 0.321 e. The van der Waals surface area contributed by atoms with E-state index in [1.807, 2.05) is 4.90 Å². The van der Waals surface area contributed by atoms with Crippen molar-refractivity contribution in [2.45, 2.75) is 13.8 Å². The van der Waals surface area contributed by atoms with E-state index in [-0.39, 0.29) is 6.03 Å². The number of nitrogens with one attached hydrogen (secondary N) is 1. The Kier molecular flexibility index (Phi) is 4.90. The molecule has 0 saturated carbocycles. The normalized spacial score (nSPS) is 14.1. The van der Waals surface area contributed by atoms with Gasteiger partial charge in [0.25, 0.3) is 0 Å². The number of amides is 2. The van der Waals surface area contributed by atoms with Gasteiger partial charge < -0.3 is 15.1 Å². The Morgan fingerprint density at radius 2 is 1.72 bits per heavy atom. The topological polar surface area (TPSA) is 59.4 Å². The van der Waals surface area contributed by atoms with Gasteiger partial charge in [-0.2, -0.15) is 5.26 Å². The second kappa shape index (κ2) is 7.27. The summed E-state index contributed by atoms with van der Waals surface area (Å²) in [4.78, 5) is 16.6. The molecule has 3 rings (SSSR count). The number of aryl methyl sites for hydroxylation is 2. The lowest BCUT2D eigenvalue weighted by Gasteiger charge is -2.36. The van der Waals surface area contributed by atoms with E-state index >= 15 is 0 Å². The number of urea groups is 1. The lowest BCUT2D eigenvalue weighted by molar-refractivity contribution is 0.208. The number of hydrogen-bond donors (Lipinski definition) is 1. The van der Waals surface area contributed by atoms with Gasteiger partial charge in [0, 0.05) is 37.6 Å². The Labute approximate surface area is 148 Å². The molecule has 0 aromatic heterocycles. The number of hydrogen-bond acceptors (Lipinski definition) is 3. The summed E-state index contributed by atoms with van der Waals surface area (Å²) in [5, 5.41) is 11.7. The Morgan fingerprint density at radius 1 is 1.04 bits per heavy atom. The molecular weight excluding hydrogens is 312 g/mol. The molecule has 1 aliphatic rings. The van der Waals surface area contributed by atoms with Crippen LogP contribution in [-0.4, -0.2) is 37.1 Å². The van der Waals surface area contributed by atoms with Crippen molar-refractivity contribution in [1.29, 1.82) is 5.26 Å². The van der Waals surface area contributed by atoms with Gasteiger partial charge in [0.15, 0.2) is 0 Å². The Morgan fingerprint density at radius 3 is 2.36 bits per heavy atom. The third kappa shape index (κ3) is 3.92. The number of rotatable bonds is 2. The van der Waals surface area contributed by atoms with Crippen molar-refractivity contribution < 1.29 is 4.79 Å². The van der Waals surface area contributed by atoms with Crippen LogP contribution in [0.5, 0.6) is 0 Å². The largest absolute Gasteiger partial charge is 0.368 e. The summed E-state index contributed by atoms with van der Waals surface area (Å²) in [6.45, 7) is 7.25. The van der Waals surface area contributed by atoms with Gasteiger partial charge in [0.1, 0.15) is 0 Å². The maximum absolute atomic E-state index is 12.4. The van der Waals surface area contributed by atoms with E-state index in [1.165, 1.54) is 16.8 Å². The van der Waals surface area contributed by atoms with Gasteiger partial charge in [0.05, 0.1) is 11.6 Å². The van der Waals surface area contributed by atoms with Gasteiger partial charge >= 0.3 is 6.03 Å². The van der Waals surface area contributed by atoms with Crippen molar-refractivity contribution in [2.75, 3.05) is 36.4 Å². The van der Waals surface area contributed by atoms with Gasteiger partial charge in [-0.05, 0) is 55.3 Å². The maximum atomic E-state index is 12.4. The summed E-state index contributed by atoms with van der Waals surface area (Å²) in [7, 11) is 0. The predicted octanol–water partition coefficient (Wildman–Crippen LogP) is 3.53. The highest BCUT2D eigenvalue weighted by Gasteiger charge is 2.22. The summed E-state index contributed by atoms with van der Waals surface area (Å²) in [6, 6.07) is 15.4. The molecule has 0 atom stereocenters. The van der Waals surface area contributed by atoms with Crippen molar-refractivity contribution in [3.63, 3.8) is 0 Å². The molecule has 1 fully saturated rings.